The van der Waals surface area contributed by atoms with Gasteiger partial charge < -0.3 is 9.63 Å². The van der Waals surface area contributed by atoms with Crippen LogP contribution in [0.5, 0.6) is 0 Å². The molecule has 104 valence electrons. The summed E-state index contributed by atoms with van der Waals surface area (Å²) in [5.41, 5.74) is -0.541. The van der Waals surface area contributed by atoms with E-state index in [4.69, 9.17) is 9.63 Å². The number of aromatic nitrogens is 2. The standard InChI is InChI=1S/C12H10N2O5S/c1-7-5-9(15)14(19-7)10(16)6-20-11-8(12(17)18)3-2-4-13-11/h2-5H,6H2,1H3,(H,17,18). The first-order valence-electron chi connectivity index (χ1n) is 5.53. The van der Waals surface area contributed by atoms with Crippen LogP contribution >= 0.6 is 11.8 Å². The van der Waals surface area contributed by atoms with Gasteiger partial charge in [-0.1, -0.05) is 11.8 Å². The number of rotatable bonds is 4. The minimum atomic E-state index is -1.13. The second-order valence-corrected chi connectivity index (χ2v) is 4.79. The minimum Gasteiger partial charge on any atom is -0.478 e. The van der Waals surface area contributed by atoms with Crippen molar-refractivity contribution in [1.29, 1.82) is 0 Å². The molecule has 20 heavy (non-hydrogen) atoms. The van der Waals surface area contributed by atoms with Gasteiger partial charge in [-0.25, -0.2) is 9.78 Å². The summed E-state index contributed by atoms with van der Waals surface area (Å²) in [7, 11) is 0. The van der Waals surface area contributed by atoms with Crippen molar-refractivity contribution in [1.82, 2.24) is 9.72 Å². The number of hydrogen-bond donors (Lipinski definition) is 1. The first kappa shape index (κ1) is 14.1. The molecule has 2 aromatic heterocycles. The molecule has 2 aromatic rings. The zero-order valence-electron chi connectivity index (χ0n) is 10.4. The van der Waals surface area contributed by atoms with E-state index in [1.54, 1.807) is 6.92 Å². The Kier molecular flexibility index (Phi) is 4.04. The predicted octanol–water partition coefficient (Wildman–Crippen LogP) is 1.28. The fourth-order valence-electron chi connectivity index (χ4n) is 1.48. The molecule has 2 rings (SSSR count). The van der Waals surface area contributed by atoms with Gasteiger partial charge in [0.15, 0.2) is 0 Å². The van der Waals surface area contributed by atoms with Gasteiger partial charge in [0.05, 0.1) is 11.3 Å². The average Bonchev–Trinajstić information content (AvgIpc) is 2.75. The summed E-state index contributed by atoms with van der Waals surface area (Å²) in [6, 6.07) is 4.09. The van der Waals surface area contributed by atoms with Crippen LogP contribution in [0.3, 0.4) is 0 Å². The van der Waals surface area contributed by atoms with Crippen molar-refractivity contribution in [2.24, 2.45) is 0 Å². The number of carbonyl (C=O) groups excluding carboxylic acids is 1. The van der Waals surface area contributed by atoms with E-state index in [9.17, 15) is 14.4 Å². The molecule has 0 aliphatic carbocycles. The number of thioether (sulfide) groups is 1. The van der Waals surface area contributed by atoms with E-state index in [1.807, 2.05) is 0 Å². The molecule has 0 radical (unpaired) electrons. The zero-order valence-corrected chi connectivity index (χ0v) is 11.2. The lowest BCUT2D eigenvalue weighted by Crippen LogP contribution is -2.23. The van der Waals surface area contributed by atoms with E-state index in [1.165, 1.54) is 24.4 Å². The van der Waals surface area contributed by atoms with Crippen molar-refractivity contribution in [3.05, 3.63) is 46.1 Å². The van der Waals surface area contributed by atoms with Crippen LogP contribution in [0, 0.1) is 6.92 Å². The minimum absolute atomic E-state index is 0.00766. The number of pyridine rings is 1. The molecule has 0 saturated carbocycles. The topological polar surface area (TPSA) is 102 Å². The van der Waals surface area contributed by atoms with Crippen LogP contribution in [0.25, 0.3) is 0 Å². The molecule has 1 N–H and O–H groups in total. The SMILES string of the molecule is Cc1cc(=O)n(C(=O)CSc2ncccc2C(=O)O)o1. The summed E-state index contributed by atoms with van der Waals surface area (Å²) in [4.78, 5) is 38.1. The normalized spacial score (nSPS) is 10.4. The number of aryl methyl sites for hydroxylation is 1. The van der Waals surface area contributed by atoms with Crippen LogP contribution in [0.4, 0.5) is 0 Å². The van der Waals surface area contributed by atoms with E-state index in [-0.39, 0.29) is 16.3 Å². The average molecular weight is 294 g/mol. The van der Waals surface area contributed by atoms with Crippen molar-refractivity contribution >= 4 is 23.6 Å². The molecule has 8 heteroatoms. The fraction of sp³-hybridized carbons (Fsp3) is 0.167. The zero-order chi connectivity index (χ0) is 14.7. The van der Waals surface area contributed by atoms with Crippen LogP contribution in [0.2, 0.25) is 0 Å². The Morgan fingerprint density at radius 1 is 1.50 bits per heavy atom. The monoisotopic (exact) mass is 294 g/mol. The van der Waals surface area contributed by atoms with Gasteiger partial charge in [-0.2, -0.15) is 0 Å². The largest absolute Gasteiger partial charge is 0.478 e. The quantitative estimate of drug-likeness (QED) is 0.847. The fourth-order valence-corrected chi connectivity index (χ4v) is 2.30. The first-order valence-corrected chi connectivity index (χ1v) is 6.52. The third kappa shape index (κ3) is 2.97. The lowest BCUT2D eigenvalue weighted by Gasteiger charge is -2.03. The van der Waals surface area contributed by atoms with Gasteiger partial charge in [0, 0.05) is 12.3 Å². The van der Waals surface area contributed by atoms with Gasteiger partial charge in [0.2, 0.25) is 0 Å². The summed E-state index contributed by atoms with van der Waals surface area (Å²) in [5, 5.41) is 9.20. The molecular formula is C12H10N2O5S. The Morgan fingerprint density at radius 3 is 2.85 bits per heavy atom. The third-order valence-corrected chi connectivity index (χ3v) is 3.31. The molecule has 0 saturated heterocycles. The van der Waals surface area contributed by atoms with Gasteiger partial charge >= 0.3 is 5.97 Å². The number of nitrogens with zero attached hydrogens (tertiary/aromatic N) is 2. The van der Waals surface area contributed by atoms with Gasteiger partial charge in [-0.05, 0) is 19.1 Å². The Balaban J connectivity index is 2.13. The molecule has 0 unspecified atom stereocenters. The Hall–Kier alpha value is -2.35. The maximum atomic E-state index is 11.8. The molecule has 0 atom stereocenters. The van der Waals surface area contributed by atoms with E-state index < -0.39 is 17.4 Å². The Morgan fingerprint density at radius 2 is 2.25 bits per heavy atom. The third-order valence-electron chi connectivity index (χ3n) is 2.32. The van der Waals surface area contributed by atoms with Gasteiger partial charge in [0.1, 0.15) is 10.8 Å². The highest BCUT2D eigenvalue weighted by molar-refractivity contribution is 8.00. The summed E-state index contributed by atoms with van der Waals surface area (Å²) in [6.07, 6.45) is 1.43. The second kappa shape index (κ2) is 5.74. The number of hydrogen-bond acceptors (Lipinski definition) is 6. The van der Waals surface area contributed by atoms with Gasteiger partial charge in [-0.3, -0.25) is 9.59 Å². The molecule has 0 fully saturated rings. The van der Waals surface area contributed by atoms with Crippen LogP contribution in [0.15, 0.2) is 38.7 Å². The Labute approximate surface area is 117 Å². The molecular weight excluding hydrogens is 284 g/mol. The second-order valence-electron chi connectivity index (χ2n) is 3.82. The van der Waals surface area contributed by atoms with Crippen LogP contribution in [-0.4, -0.2) is 32.5 Å². The first-order chi connectivity index (χ1) is 9.49. The Bertz CT molecular complexity index is 719. The molecule has 0 aliphatic heterocycles. The summed E-state index contributed by atoms with van der Waals surface area (Å²) >= 11 is 0.935. The predicted molar refractivity (Wildman–Crippen MR) is 70.3 cm³/mol. The van der Waals surface area contributed by atoms with Crippen molar-refractivity contribution < 1.29 is 19.2 Å². The number of carboxylic acid groups (broad SMARTS) is 1. The summed E-state index contributed by atoms with van der Waals surface area (Å²) in [6.45, 7) is 1.56. The van der Waals surface area contributed by atoms with E-state index in [2.05, 4.69) is 4.98 Å². The summed E-state index contributed by atoms with van der Waals surface area (Å²) < 4.78 is 5.59. The molecule has 0 aliphatic rings. The van der Waals surface area contributed by atoms with Crippen molar-refractivity contribution in [3.8, 4) is 0 Å². The van der Waals surface area contributed by atoms with Crippen LogP contribution in [-0.2, 0) is 0 Å². The maximum Gasteiger partial charge on any atom is 0.338 e. The number of carboxylic acids is 1. The molecule has 0 bridgehead atoms. The highest BCUT2D eigenvalue weighted by atomic mass is 32.2. The van der Waals surface area contributed by atoms with Crippen molar-refractivity contribution in [3.63, 3.8) is 0 Å². The van der Waals surface area contributed by atoms with E-state index >= 15 is 0 Å². The lowest BCUT2D eigenvalue weighted by molar-refractivity contribution is 0.0691. The van der Waals surface area contributed by atoms with E-state index in [0.29, 0.717) is 10.5 Å². The highest BCUT2D eigenvalue weighted by Gasteiger charge is 2.16. The van der Waals surface area contributed by atoms with Gasteiger partial charge in [0.25, 0.3) is 11.5 Å². The van der Waals surface area contributed by atoms with Gasteiger partial charge in [-0.15, -0.1) is 4.74 Å². The van der Waals surface area contributed by atoms with Crippen molar-refractivity contribution in [2.75, 3.05) is 5.75 Å². The number of aromatic carboxylic acids is 1. The highest BCUT2D eigenvalue weighted by Crippen LogP contribution is 2.20. The maximum absolute atomic E-state index is 11.8. The number of carbonyl (C=O) groups is 2. The molecule has 0 spiro atoms. The molecule has 7 nitrogen and oxygen atoms in total. The smallest absolute Gasteiger partial charge is 0.338 e. The molecule has 2 heterocycles. The van der Waals surface area contributed by atoms with Crippen molar-refractivity contribution in [2.45, 2.75) is 11.9 Å². The lowest BCUT2D eigenvalue weighted by atomic mass is 10.3. The van der Waals surface area contributed by atoms with Crippen LogP contribution in [0.1, 0.15) is 20.9 Å². The summed E-state index contributed by atoms with van der Waals surface area (Å²) in [5.74, 6) is -1.52. The van der Waals surface area contributed by atoms with Crippen LogP contribution < -0.4 is 5.56 Å². The molecule has 0 aromatic carbocycles. The molecule has 0 amide bonds. The van der Waals surface area contributed by atoms with E-state index in [0.717, 1.165) is 11.8 Å².